The molecule has 3 N–H and O–H groups in total. The molecular weight excluding hydrogens is 318 g/mol. The van der Waals surface area contributed by atoms with Gasteiger partial charge in [0.05, 0.1) is 11.6 Å². The van der Waals surface area contributed by atoms with E-state index in [1.807, 2.05) is 0 Å². The third-order valence-electron chi connectivity index (χ3n) is 5.61. The normalized spacial score (nSPS) is 33.0. The number of carbonyl (C=O) groups is 1. The summed E-state index contributed by atoms with van der Waals surface area (Å²) in [5.74, 6) is 1.19. The van der Waals surface area contributed by atoms with E-state index in [1.165, 1.54) is 42.7 Å². The second-order valence-electron chi connectivity index (χ2n) is 6.88. The highest BCUT2D eigenvalue weighted by atomic mass is 35.5. The molecule has 3 aliphatic rings. The van der Waals surface area contributed by atoms with Gasteiger partial charge in [-0.25, -0.2) is 4.98 Å². The Kier molecular flexibility index (Phi) is 4.76. The Morgan fingerprint density at radius 3 is 2.73 bits per heavy atom. The van der Waals surface area contributed by atoms with Gasteiger partial charge in [0.2, 0.25) is 5.91 Å². The predicted octanol–water partition coefficient (Wildman–Crippen LogP) is 3.15. The zero-order valence-corrected chi connectivity index (χ0v) is 14.3. The van der Waals surface area contributed by atoms with Gasteiger partial charge in [0.15, 0.2) is 5.13 Å². The SMILES string of the molecule is Cl.NC1C2CCC(C2)C1C(=O)Nc1nc2c(s1)CCCCC2. The quantitative estimate of drug-likeness (QED) is 0.812. The molecule has 2 bridgehead atoms. The molecule has 3 aliphatic carbocycles. The molecular formula is C16H24ClN3OS. The zero-order chi connectivity index (χ0) is 14.4. The van der Waals surface area contributed by atoms with Crippen molar-refractivity contribution in [3.05, 3.63) is 10.6 Å². The maximum Gasteiger partial charge on any atom is 0.231 e. The lowest BCUT2D eigenvalue weighted by Crippen LogP contribution is -2.42. The number of hydrogen-bond acceptors (Lipinski definition) is 4. The van der Waals surface area contributed by atoms with Crippen molar-refractivity contribution in [3.63, 3.8) is 0 Å². The first-order valence-corrected chi connectivity index (χ1v) is 9.09. The molecule has 4 unspecified atom stereocenters. The Morgan fingerprint density at radius 1 is 1.18 bits per heavy atom. The molecule has 22 heavy (non-hydrogen) atoms. The van der Waals surface area contributed by atoms with E-state index in [4.69, 9.17) is 5.73 Å². The standard InChI is InChI=1S/C16H23N3OS.ClH/c17-14-10-7-6-9(8-10)13(14)15(20)19-16-18-11-4-2-1-3-5-12(11)21-16;/h9-10,13-14H,1-8,17H2,(H,18,19,20);1H. The van der Waals surface area contributed by atoms with Gasteiger partial charge in [-0.15, -0.1) is 23.7 Å². The van der Waals surface area contributed by atoms with Crippen molar-refractivity contribution in [2.24, 2.45) is 23.5 Å². The molecule has 4 atom stereocenters. The maximum atomic E-state index is 12.6. The molecule has 0 radical (unpaired) electrons. The van der Waals surface area contributed by atoms with Gasteiger partial charge in [0, 0.05) is 10.9 Å². The van der Waals surface area contributed by atoms with Crippen molar-refractivity contribution in [1.82, 2.24) is 4.98 Å². The number of nitrogens with two attached hydrogens (primary N) is 1. The minimum atomic E-state index is 0. The fourth-order valence-electron chi connectivity index (χ4n) is 4.50. The molecule has 1 aromatic heterocycles. The molecule has 2 saturated carbocycles. The van der Waals surface area contributed by atoms with Crippen molar-refractivity contribution in [2.45, 2.75) is 57.4 Å². The molecule has 0 aromatic carbocycles. The Morgan fingerprint density at radius 2 is 1.95 bits per heavy atom. The average molecular weight is 342 g/mol. The summed E-state index contributed by atoms with van der Waals surface area (Å²) in [6.45, 7) is 0. The van der Waals surface area contributed by atoms with Crippen LogP contribution in [0.2, 0.25) is 0 Å². The number of aromatic nitrogens is 1. The van der Waals surface area contributed by atoms with Crippen molar-refractivity contribution < 1.29 is 4.79 Å². The third-order valence-corrected chi connectivity index (χ3v) is 6.68. The van der Waals surface area contributed by atoms with Crippen molar-refractivity contribution in [3.8, 4) is 0 Å². The van der Waals surface area contributed by atoms with Crippen LogP contribution in [0.15, 0.2) is 0 Å². The van der Waals surface area contributed by atoms with E-state index in [1.54, 1.807) is 11.3 Å². The molecule has 122 valence electrons. The molecule has 4 nitrogen and oxygen atoms in total. The summed E-state index contributed by atoms with van der Waals surface area (Å²) in [6.07, 6.45) is 9.48. The summed E-state index contributed by atoms with van der Waals surface area (Å²) in [6, 6.07) is 0.0570. The summed E-state index contributed by atoms with van der Waals surface area (Å²) in [4.78, 5) is 18.6. The lowest BCUT2D eigenvalue weighted by molar-refractivity contribution is -0.121. The fraction of sp³-hybridized carbons (Fsp3) is 0.750. The number of thiazole rings is 1. The fourth-order valence-corrected chi connectivity index (χ4v) is 5.55. The van der Waals surface area contributed by atoms with Crippen LogP contribution >= 0.6 is 23.7 Å². The van der Waals surface area contributed by atoms with Crippen LogP contribution in [0.5, 0.6) is 0 Å². The number of amides is 1. The van der Waals surface area contributed by atoms with E-state index in [9.17, 15) is 4.79 Å². The highest BCUT2D eigenvalue weighted by Crippen LogP contribution is 2.48. The highest BCUT2D eigenvalue weighted by molar-refractivity contribution is 7.15. The van der Waals surface area contributed by atoms with Crippen molar-refractivity contribution in [1.29, 1.82) is 0 Å². The van der Waals surface area contributed by atoms with Crippen LogP contribution in [0.25, 0.3) is 0 Å². The van der Waals surface area contributed by atoms with Crippen LogP contribution in [0.1, 0.15) is 49.1 Å². The van der Waals surface area contributed by atoms with E-state index in [-0.39, 0.29) is 30.3 Å². The second kappa shape index (κ2) is 6.46. The number of fused-ring (bicyclic) bond motifs is 3. The predicted molar refractivity (Wildman–Crippen MR) is 91.5 cm³/mol. The molecule has 1 aromatic rings. The summed E-state index contributed by atoms with van der Waals surface area (Å²) < 4.78 is 0. The van der Waals surface area contributed by atoms with Gasteiger partial charge in [-0.3, -0.25) is 4.79 Å². The summed E-state index contributed by atoms with van der Waals surface area (Å²) in [7, 11) is 0. The molecule has 1 amide bonds. The van der Waals surface area contributed by atoms with Gasteiger partial charge in [-0.2, -0.15) is 0 Å². The van der Waals surface area contributed by atoms with Gasteiger partial charge >= 0.3 is 0 Å². The zero-order valence-electron chi connectivity index (χ0n) is 12.7. The Hall–Kier alpha value is -0.650. The van der Waals surface area contributed by atoms with Crippen LogP contribution in [-0.4, -0.2) is 16.9 Å². The van der Waals surface area contributed by atoms with E-state index < -0.39 is 0 Å². The lowest BCUT2D eigenvalue weighted by atomic mass is 9.84. The molecule has 2 fully saturated rings. The first kappa shape index (κ1) is 16.2. The first-order chi connectivity index (χ1) is 10.2. The van der Waals surface area contributed by atoms with Gasteiger partial charge in [-0.1, -0.05) is 6.42 Å². The largest absolute Gasteiger partial charge is 0.327 e. The van der Waals surface area contributed by atoms with Crippen LogP contribution < -0.4 is 11.1 Å². The number of carbonyl (C=O) groups excluding carboxylic acids is 1. The van der Waals surface area contributed by atoms with Gasteiger partial charge < -0.3 is 11.1 Å². The second-order valence-corrected chi connectivity index (χ2v) is 7.96. The molecule has 0 saturated heterocycles. The minimum absolute atomic E-state index is 0. The third kappa shape index (κ3) is 2.79. The molecule has 0 spiro atoms. The van der Waals surface area contributed by atoms with E-state index in [0.29, 0.717) is 11.8 Å². The first-order valence-electron chi connectivity index (χ1n) is 8.27. The number of nitrogens with one attached hydrogen (secondary N) is 1. The molecule has 0 aliphatic heterocycles. The van der Waals surface area contributed by atoms with E-state index in [0.717, 1.165) is 24.4 Å². The number of nitrogens with zero attached hydrogens (tertiary/aromatic N) is 1. The Balaban J connectivity index is 0.00000144. The van der Waals surface area contributed by atoms with Crippen molar-refractivity contribution >= 4 is 34.8 Å². The smallest absolute Gasteiger partial charge is 0.231 e. The molecule has 6 heteroatoms. The van der Waals surface area contributed by atoms with Gasteiger partial charge in [0.25, 0.3) is 0 Å². The Bertz CT molecular complexity index is 536. The van der Waals surface area contributed by atoms with Gasteiger partial charge in [0.1, 0.15) is 0 Å². The maximum absolute atomic E-state index is 12.6. The van der Waals surface area contributed by atoms with Crippen LogP contribution in [0.3, 0.4) is 0 Å². The summed E-state index contributed by atoms with van der Waals surface area (Å²) in [5.41, 5.74) is 7.47. The molecule has 4 rings (SSSR count). The topological polar surface area (TPSA) is 68.0 Å². The van der Waals surface area contributed by atoms with Crippen LogP contribution in [0, 0.1) is 17.8 Å². The number of aryl methyl sites for hydroxylation is 2. The minimum Gasteiger partial charge on any atom is -0.327 e. The summed E-state index contributed by atoms with van der Waals surface area (Å²) in [5, 5.41) is 3.86. The highest BCUT2D eigenvalue weighted by Gasteiger charge is 2.49. The number of hydrogen-bond donors (Lipinski definition) is 2. The summed E-state index contributed by atoms with van der Waals surface area (Å²) >= 11 is 1.67. The number of halogens is 1. The van der Waals surface area contributed by atoms with Crippen LogP contribution in [0.4, 0.5) is 5.13 Å². The lowest BCUT2D eigenvalue weighted by Gasteiger charge is -2.26. The Labute approximate surface area is 141 Å². The van der Waals surface area contributed by atoms with Gasteiger partial charge in [-0.05, 0) is 56.8 Å². The molecule has 1 heterocycles. The van der Waals surface area contributed by atoms with Crippen molar-refractivity contribution in [2.75, 3.05) is 5.32 Å². The van der Waals surface area contributed by atoms with Crippen LogP contribution in [-0.2, 0) is 17.6 Å². The monoisotopic (exact) mass is 341 g/mol. The number of anilines is 1. The number of rotatable bonds is 2. The van der Waals surface area contributed by atoms with E-state index >= 15 is 0 Å². The average Bonchev–Trinajstić information content (AvgIpc) is 3.10. The van der Waals surface area contributed by atoms with E-state index in [2.05, 4.69) is 10.3 Å².